The molecule has 1 N–H and O–H groups in total. The third-order valence-corrected chi connectivity index (χ3v) is 3.64. The van der Waals surface area contributed by atoms with E-state index in [4.69, 9.17) is 17.0 Å². The predicted octanol–water partition coefficient (Wildman–Crippen LogP) is 3.30. The normalized spacial score (nSPS) is 13.2. The number of hydrogen-bond acceptors (Lipinski definition) is 3. The molecule has 0 atom stereocenters. The molecule has 4 heteroatoms. The summed E-state index contributed by atoms with van der Waals surface area (Å²) in [5.74, 6) is 0.990. The van der Waals surface area contributed by atoms with E-state index in [1.807, 2.05) is 0 Å². The number of para-hydroxylation sites is 1. The van der Waals surface area contributed by atoms with E-state index in [-0.39, 0.29) is 0 Å². The molecule has 0 aliphatic carbocycles. The van der Waals surface area contributed by atoms with Gasteiger partial charge in [-0.05, 0) is 18.1 Å². The molecule has 0 amide bonds. The van der Waals surface area contributed by atoms with Crippen LogP contribution in [0.2, 0.25) is 0 Å². The summed E-state index contributed by atoms with van der Waals surface area (Å²) in [5.41, 5.74) is 4.48. The van der Waals surface area contributed by atoms with Crippen LogP contribution in [0.4, 0.5) is 0 Å². The lowest BCUT2D eigenvalue weighted by Crippen LogP contribution is -1.97. The molecular weight excluding hydrogens is 244 g/mol. The summed E-state index contributed by atoms with van der Waals surface area (Å²) in [4.78, 5) is 7.37. The van der Waals surface area contributed by atoms with Crippen molar-refractivity contribution in [1.82, 2.24) is 9.97 Å². The van der Waals surface area contributed by atoms with Crippen LogP contribution in [-0.2, 0) is 12.8 Å². The Morgan fingerprint density at radius 1 is 1.44 bits per heavy atom. The molecule has 18 heavy (non-hydrogen) atoms. The van der Waals surface area contributed by atoms with Gasteiger partial charge in [0.2, 0.25) is 0 Å². The van der Waals surface area contributed by atoms with Crippen molar-refractivity contribution in [1.29, 1.82) is 0 Å². The minimum atomic E-state index is 0.668. The predicted molar refractivity (Wildman–Crippen MR) is 73.4 cm³/mol. The van der Waals surface area contributed by atoms with Gasteiger partial charge in [-0.1, -0.05) is 31.3 Å². The standard InChI is InChI=1S/C14H14N2OS/c1-2-10-12(15-8-16-14(10)18)11-5-3-4-9-6-7-17-13(9)11/h3-5,8H,2,6-7H2,1H3,(H,15,16,18). The van der Waals surface area contributed by atoms with Gasteiger partial charge in [-0.2, -0.15) is 0 Å². The highest BCUT2D eigenvalue weighted by Crippen LogP contribution is 2.37. The van der Waals surface area contributed by atoms with Crippen molar-refractivity contribution in [3.63, 3.8) is 0 Å². The van der Waals surface area contributed by atoms with Crippen LogP contribution >= 0.6 is 12.2 Å². The van der Waals surface area contributed by atoms with Crippen LogP contribution in [0.5, 0.6) is 5.75 Å². The van der Waals surface area contributed by atoms with Gasteiger partial charge in [-0.15, -0.1) is 0 Å². The van der Waals surface area contributed by atoms with Crippen LogP contribution in [0.25, 0.3) is 11.3 Å². The summed E-state index contributed by atoms with van der Waals surface area (Å²) in [6.45, 7) is 2.85. The number of fused-ring (bicyclic) bond motifs is 1. The van der Waals surface area contributed by atoms with Gasteiger partial charge in [-0.3, -0.25) is 0 Å². The van der Waals surface area contributed by atoms with Gasteiger partial charge in [0, 0.05) is 17.5 Å². The molecule has 0 spiro atoms. The number of hydrogen-bond donors (Lipinski definition) is 1. The van der Waals surface area contributed by atoms with Crippen LogP contribution in [0.1, 0.15) is 18.1 Å². The lowest BCUT2D eigenvalue weighted by atomic mass is 10.0. The Morgan fingerprint density at radius 3 is 3.17 bits per heavy atom. The molecule has 0 unspecified atom stereocenters. The lowest BCUT2D eigenvalue weighted by molar-refractivity contribution is 0.358. The third-order valence-electron chi connectivity index (χ3n) is 3.29. The molecule has 1 aliphatic heterocycles. The van der Waals surface area contributed by atoms with Crippen molar-refractivity contribution < 1.29 is 4.74 Å². The zero-order valence-electron chi connectivity index (χ0n) is 10.2. The molecule has 0 fully saturated rings. The lowest BCUT2D eigenvalue weighted by Gasteiger charge is -2.11. The fourth-order valence-electron chi connectivity index (χ4n) is 2.41. The molecule has 1 aromatic carbocycles. The van der Waals surface area contributed by atoms with E-state index in [1.54, 1.807) is 6.33 Å². The van der Waals surface area contributed by atoms with Crippen LogP contribution in [0.3, 0.4) is 0 Å². The zero-order valence-corrected chi connectivity index (χ0v) is 11.0. The average Bonchev–Trinajstić information content (AvgIpc) is 2.86. The summed E-state index contributed by atoms with van der Waals surface area (Å²) in [7, 11) is 0. The van der Waals surface area contributed by atoms with Gasteiger partial charge >= 0.3 is 0 Å². The number of ether oxygens (including phenoxy) is 1. The van der Waals surface area contributed by atoms with E-state index in [0.717, 1.165) is 42.0 Å². The monoisotopic (exact) mass is 258 g/mol. The number of aromatic amines is 1. The largest absolute Gasteiger partial charge is 0.492 e. The molecule has 92 valence electrons. The van der Waals surface area contributed by atoms with Gasteiger partial charge in [-0.25, -0.2) is 4.98 Å². The Labute approximate surface area is 111 Å². The first kappa shape index (κ1) is 11.4. The number of aromatic nitrogens is 2. The zero-order chi connectivity index (χ0) is 12.5. The molecule has 0 saturated heterocycles. The van der Waals surface area contributed by atoms with Crippen molar-refractivity contribution in [2.45, 2.75) is 19.8 Å². The van der Waals surface area contributed by atoms with Crippen molar-refractivity contribution >= 4 is 12.2 Å². The molecule has 1 aliphatic rings. The van der Waals surface area contributed by atoms with E-state index in [1.165, 1.54) is 5.56 Å². The first-order chi connectivity index (χ1) is 8.81. The minimum Gasteiger partial charge on any atom is -0.492 e. The number of rotatable bonds is 2. The first-order valence-corrected chi connectivity index (χ1v) is 6.53. The summed E-state index contributed by atoms with van der Waals surface area (Å²) in [6.07, 6.45) is 3.50. The van der Waals surface area contributed by atoms with E-state index in [0.29, 0.717) is 4.64 Å². The fraction of sp³-hybridized carbons (Fsp3) is 0.286. The number of nitrogens with zero attached hydrogens (tertiary/aromatic N) is 1. The molecule has 0 bridgehead atoms. The third kappa shape index (κ3) is 1.73. The number of benzene rings is 1. The van der Waals surface area contributed by atoms with Crippen LogP contribution in [0.15, 0.2) is 24.5 Å². The molecular formula is C14H14N2OS. The second-order valence-electron chi connectivity index (χ2n) is 4.31. The van der Waals surface area contributed by atoms with E-state index < -0.39 is 0 Å². The molecule has 2 heterocycles. The Bertz CT molecular complexity index is 648. The summed E-state index contributed by atoms with van der Waals surface area (Å²) >= 11 is 5.29. The highest BCUT2D eigenvalue weighted by molar-refractivity contribution is 7.71. The van der Waals surface area contributed by atoms with Crippen molar-refractivity contribution in [2.75, 3.05) is 6.61 Å². The number of nitrogens with one attached hydrogen (secondary N) is 1. The maximum absolute atomic E-state index is 5.75. The highest BCUT2D eigenvalue weighted by Gasteiger charge is 2.19. The Kier molecular flexibility index (Phi) is 2.88. The maximum Gasteiger partial charge on any atom is 0.133 e. The molecule has 2 aromatic rings. The van der Waals surface area contributed by atoms with E-state index >= 15 is 0 Å². The van der Waals surface area contributed by atoms with E-state index in [9.17, 15) is 0 Å². The van der Waals surface area contributed by atoms with Crippen LogP contribution in [0, 0.1) is 4.64 Å². The molecule has 0 saturated carbocycles. The Morgan fingerprint density at radius 2 is 2.33 bits per heavy atom. The number of H-pyrrole nitrogens is 1. The fourth-order valence-corrected chi connectivity index (χ4v) is 2.71. The summed E-state index contributed by atoms with van der Waals surface area (Å²) in [5, 5.41) is 0. The topological polar surface area (TPSA) is 37.9 Å². The quantitative estimate of drug-likeness (QED) is 0.840. The van der Waals surface area contributed by atoms with E-state index in [2.05, 4.69) is 35.1 Å². The second-order valence-corrected chi connectivity index (χ2v) is 4.69. The maximum atomic E-state index is 5.75. The molecule has 3 rings (SSSR count). The Balaban J connectivity index is 2.25. The van der Waals surface area contributed by atoms with Crippen molar-refractivity contribution in [3.8, 4) is 17.0 Å². The molecule has 1 aromatic heterocycles. The van der Waals surface area contributed by atoms with Gasteiger partial charge in [0.25, 0.3) is 0 Å². The smallest absolute Gasteiger partial charge is 0.133 e. The van der Waals surface area contributed by atoms with Gasteiger partial charge in [0.1, 0.15) is 10.4 Å². The molecule has 3 nitrogen and oxygen atoms in total. The summed E-state index contributed by atoms with van der Waals surface area (Å²) < 4.78 is 6.42. The summed E-state index contributed by atoms with van der Waals surface area (Å²) in [6, 6.07) is 6.26. The van der Waals surface area contributed by atoms with Gasteiger partial charge in [0.15, 0.2) is 0 Å². The SMILES string of the molecule is CCc1c(-c2cccc3c2OCC3)[nH]cnc1=S. The van der Waals surface area contributed by atoms with Crippen molar-refractivity contribution in [3.05, 3.63) is 40.3 Å². The second kappa shape index (κ2) is 4.53. The van der Waals surface area contributed by atoms with Crippen LogP contribution < -0.4 is 4.74 Å². The average molecular weight is 258 g/mol. The Hall–Kier alpha value is -1.68. The van der Waals surface area contributed by atoms with Crippen molar-refractivity contribution in [2.24, 2.45) is 0 Å². The first-order valence-electron chi connectivity index (χ1n) is 6.13. The van der Waals surface area contributed by atoms with Gasteiger partial charge < -0.3 is 9.72 Å². The van der Waals surface area contributed by atoms with Crippen LogP contribution in [-0.4, -0.2) is 16.6 Å². The van der Waals surface area contributed by atoms with Gasteiger partial charge in [0.05, 0.1) is 18.6 Å². The highest BCUT2D eigenvalue weighted by atomic mass is 32.1. The molecule has 0 radical (unpaired) electrons. The minimum absolute atomic E-state index is 0.668.